The van der Waals surface area contributed by atoms with Crippen molar-refractivity contribution in [2.45, 2.75) is 37.3 Å². The van der Waals surface area contributed by atoms with E-state index in [9.17, 15) is 9.90 Å². The highest BCUT2D eigenvalue weighted by atomic mass is 16.3. The summed E-state index contributed by atoms with van der Waals surface area (Å²) in [7, 11) is 0. The van der Waals surface area contributed by atoms with E-state index in [1.54, 1.807) is 4.90 Å². The molecule has 3 fully saturated rings. The summed E-state index contributed by atoms with van der Waals surface area (Å²) in [4.78, 5) is 13.7. The first-order valence-corrected chi connectivity index (χ1v) is 5.94. The maximum Gasteiger partial charge on any atom is 0.239 e. The first-order valence-electron chi connectivity index (χ1n) is 5.94. The lowest BCUT2D eigenvalue weighted by molar-refractivity contribution is -0.161. The van der Waals surface area contributed by atoms with Gasteiger partial charge < -0.3 is 15.3 Å². The highest BCUT2D eigenvalue weighted by Crippen LogP contribution is 2.44. The molecule has 0 bridgehead atoms. The second kappa shape index (κ2) is 3.19. The van der Waals surface area contributed by atoms with Crippen molar-refractivity contribution in [3.8, 4) is 0 Å². The van der Waals surface area contributed by atoms with Crippen molar-refractivity contribution in [2.75, 3.05) is 19.6 Å². The van der Waals surface area contributed by atoms with Gasteiger partial charge in [0, 0.05) is 0 Å². The number of likely N-dealkylation sites (tertiary alicyclic amines) is 1. The number of β-amino-alcohol motifs (C(OH)–C–C–N with tert-alkyl or cyclic N) is 1. The Balaban J connectivity index is 1.55. The second-order valence-electron chi connectivity index (χ2n) is 5.22. The van der Waals surface area contributed by atoms with Gasteiger partial charge in [0.15, 0.2) is 0 Å². The van der Waals surface area contributed by atoms with Crippen LogP contribution >= 0.6 is 0 Å². The summed E-state index contributed by atoms with van der Waals surface area (Å²) in [5, 5.41) is 13.3. The molecule has 1 amide bonds. The summed E-state index contributed by atoms with van der Waals surface area (Å²) in [6.45, 7) is 2.08. The minimum atomic E-state index is -0.533. The van der Waals surface area contributed by atoms with Crippen molar-refractivity contribution in [1.82, 2.24) is 10.2 Å². The molecule has 84 valence electrons. The summed E-state index contributed by atoms with van der Waals surface area (Å²) in [5.41, 5.74) is -0.533. The molecule has 2 N–H and O–H groups in total. The SMILES string of the molecule is O=C([C@@H]1CCCN1)N1CC(O)(C2CC2)C1. The zero-order chi connectivity index (χ0) is 10.5. The summed E-state index contributed by atoms with van der Waals surface area (Å²) in [5.74, 6) is 0.663. The molecule has 0 radical (unpaired) electrons. The van der Waals surface area contributed by atoms with Gasteiger partial charge in [0.05, 0.1) is 19.1 Å². The topological polar surface area (TPSA) is 52.6 Å². The Labute approximate surface area is 89.6 Å². The number of carbonyl (C=O) groups is 1. The number of hydrogen-bond acceptors (Lipinski definition) is 3. The lowest BCUT2D eigenvalue weighted by Gasteiger charge is -2.47. The summed E-state index contributed by atoms with van der Waals surface area (Å²) in [6, 6.07) is 0.0220. The van der Waals surface area contributed by atoms with Crippen LogP contribution in [0.4, 0.5) is 0 Å². The van der Waals surface area contributed by atoms with Crippen LogP contribution in [0.25, 0.3) is 0 Å². The van der Waals surface area contributed by atoms with Crippen LogP contribution in [-0.2, 0) is 4.79 Å². The molecule has 15 heavy (non-hydrogen) atoms. The van der Waals surface area contributed by atoms with Crippen LogP contribution in [0, 0.1) is 5.92 Å². The van der Waals surface area contributed by atoms with E-state index in [4.69, 9.17) is 0 Å². The maximum atomic E-state index is 11.9. The first kappa shape index (κ1) is 9.60. The molecule has 0 spiro atoms. The van der Waals surface area contributed by atoms with Crippen LogP contribution in [-0.4, -0.2) is 47.2 Å². The molecular formula is C11H18N2O2. The van der Waals surface area contributed by atoms with Crippen molar-refractivity contribution in [3.63, 3.8) is 0 Å². The van der Waals surface area contributed by atoms with Gasteiger partial charge in [-0.3, -0.25) is 4.79 Å². The Bertz CT molecular complexity index is 276. The zero-order valence-corrected chi connectivity index (χ0v) is 8.91. The van der Waals surface area contributed by atoms with Crippen molar-refractivity contribution in [3.05, 3.63) is 0 Å². The third-order valence-corrected chi connectivity index (χ3v) is 3.94. The number of nitrogens with one attached hydrogen (secondary N) is 1. The number of rotatable bonds is 2. The Morgan fingerprint density at radius 2 is 2.07 bits per heavy atom. The molecule has 3 aliphatic rings. The van der Waals surface area contributed by atoms with E-state index in [0.29, 0.717) is 19.0 Å². The van der Waals surface area contributed by atoms with E-state index in [1.165, 1.54) is 0 Å². The quantitative estimate of drug-likeness (QED) is 0.659. The average molecular weight is 210 g/mol. The van der Waals surface area contributed by atoms with Gasteiger partial charge in [-0.25, -0.2) is 0 Å². The van der Waals surface area contributed by atoms with E-state index in [0.717, 1.165) is 32.2 Å². The minimum absolute atomic E-state index is 0.0220. The third-order valence-electron chi connectivity index (χ3n) is 3.94. The normalized spacial score (nSPS) is 33.9. The fourth-order valence-electron chi connectivity index (χ4n) is 2.77. The molecule has 1 aliphatic carbocycles. The molecule has 4 heteroatoms. The summed E-state index contributed by atoms with van der Waals surface area (Å²) < 4.78 is 0. The van der Waals surface area contributed by atoms with Gasteiger partial charge in [-0.1, -0.05) is 0 Å². The number of hydrogen-bond donors (Lipinski definition) is 2. The molecule has 2 heterocycles. The molecule has 1 saturated carbocycles. The highest BCUT2D eigenvalue weighted by Gasteiger charge is 2.53. The summed E-state index contributed by atoms with van der Waals surface area (Å²) in [6.07, 6.45) is 4.33. The van der Waals surface area contributed by atoms with Crippen molar-refractivity contribution < 1.29 is 9.90 Å². The van der Waals surface area contributed by atoms with E-state index >= 15 is 0 Å². The van der Waals surface area contributed by atoms with Gasteiger partial charge in [-0.2, -0.15) is 0 Å². The summed E-state index contributed by atoms with van der Waals surface area (Å²) >= 11 is 0. The smallest absolute Gasteiger partial charge is 0.239 e. The van der Waals surface area contributed by atoms with Crippen LogP contribution in [0.3, 0.4) is 0 Å². The van der Waals surface area contributed by atoms with E-state index < -0.39 is 5.60 Å². The molecule has 0 aromatic rings. The molecule has 0 aromatic heterocycles. The van der Waals surface area contributed by atoms with Crippen molar-refractivity contribution in [2.24, 2.45) is 5.92 Å². The number of carbonyl (C=O) groups excluding carboxylic acids is 1. The zero-order valence-electron chi connectivity index (χ0n) is 8.91. The molecular weight excluding hydrogens is 192 g/mol. The average Bonchev–Trinajstić information content (AvgIpc) is 2.89. The second-order valence-corrected chi connectivity index (χ2v) is 5.22. The first-order chi connectivity index (χ1) is 7.19. The fourth-order valence-corrected chi connectivity index (χ4v) is 2.77. The van der Waals surface area contributed by atoms with Crippen LogP contribution in [0.15, 0.2) is 0 Å². The molecule has 1 atom stereocenters. The standard InChI is InChI=1S/C11H18N2O2/c14-10(9-2-1-5-12-9)13-6-11(15,7-13)8-3-4-8/h8-9,12,15H,1-7H2/t9-/m0/s1. The number of amides is 1. The lowest BCUT2D eigenvalue weighted by atomic mass is 9.88. The van der Waals surface area contributed by atoms with Crippen LogP contribution < -0.4 is 5.32 Å². The van der Waals surface area contributed by atoms with E-state index in [2.05, 4.69) is 5.32 Å². The Hall–Kier alpha value is -0.610. The molecule has 0 unspecified atom stereocenters. The van der Waals surface area contributed by atoms with Crippen LogP contribution in [0.5, 0.6) is 0 Å². The fraction of sp³-hybridized carbons (Fsp3) is 0.909. The Morgan fingerprint density at radius 3 is 2.60 bits per heavy atom. The van der Waals surface area contributed by atoms with Gasteiger partial charge >= 0.3 is 0 Å². The van der Waals surface area contributed by atoms with Gasteiger partial charge in [-0.15, -0.1) is 0 Å². The molecule has 2 saturated heterocycles. The predicted molar refractivity (Wildman–Crippen MR) is 55.3 cm³/mol. The molecule has 4 nitrogen and oxygen atoms in total. The number of nitrogens with zero attached hydrogens (tertiary/aromatic N) is 1. The third kappa shape index (κ3) is 1.56. The Morgan fingerprint density at radius 1 is 1.33 bits per heavy atom. The Kier molecular flexibility index (Phi) is 2.04. The number of aliphatic hydroxyl groups is 1. The maximum absolute atomic E-state index is 11.9. The van der Waals surface area contributed by atoms with Gasteiger partial charge in [-0.05, 0) is 38.1 Å². The van der Waals surface area contributed by atoms with E-state index in [1.807, 2.05) is 0 Å². The van der Waals surface area contributed by atoms with E-state index in [-0.39, 0.29) is 11.9 Å². The minimum Gasteiger partial charge on any atom is -0.386 e. The van der Waals surface area contributed by atoms with Crippen LogP contribution in [0.2, 0.25) is 0 Å². The lowest BCUT2D eigenvalue weighted by Crippen LogP contribution is -2.66. The molecule has 0 aromatic carbocycles. The predicted octanol–water partition coefficient (Wildman–Crippen LogP) is -0.278. The van der Waals surface area contributed by atoms with Gasteiger partial charge in [0.2, 0.25) is 5.91 Å². The molecule has 3 rings (SSSR count). The van der Waals surface area contributed by atoms with Crippen LogP contribution in [0.1, 0.15) is 25.7 Å². The largest absolute Gasteiger partial charge is 0.386 e. The van der Waals surface area contributed by atoms with Crippen molar-refractivity contribution >= 4 is 5.91 Å². The molecule has 2 aliphatic heterocycles. The van der Waals surface area contributed by atoms with Gasteiger partial charge in [0.1, 0.15) is 5.60 Å². The highest BCUT2D eigenvalue weighted by molar-refractivity contribution is 5.83. The monoisotopic (exact) mass is 210 g/mol. The van der Waals surface area contributed by atoms with Gasteiger partial charge in [0.25, 0.3) is 0 Å². The van der Waals surface area contributed by atoms with Crippen molar-refractivity contribution in [1.29, 1.82) is 0 Å².